The van der Waals surface area contributed by atoms with E-state index >= 15 is 0 Å². The number of rotatable bonds is 4. The summed E-state index contributed by atoms with van der Waals surface area (Å²) in [5.41, 5.74) is 6.97. The van der Waals surface area contributed by atoms with E-state index in [-0.39, 0.29) is 10.8 Å². The molecule has 0 amide bonds. The van der Waals surface area contributed by atoms with Crippen molar-refractivity contribution in [2.24, 2.45) is 0 Å². The van der Waals surface area contributed by atoms with Gasteiger partial charge in [0.2, 0.25) is 5.88 Å². The Balaban J connectivity index is 2.40. The Bertz CT molecular complexity index is 598. The summed E-state index contributed by atoms with van der Waals surface area (Å²) in [5.74, 6) is -0.220. The first-order chi connectivity index (χ1) is 9.04. The second-order valence-corrected chi connectivity index (χ2v) is 4.59. The van der Waals surface area contributed by atoms with Crippen LogP contribution in [0.4, 0.5) is 10.1 Å². The van der Waals surface area contributed by atoms with Crippen LogP contribution in [0.3, 0.4) is 0 Å². The van der Waals surface area contributed by atoms with E-state index in [1.807, 2.05) is 6.92 Å². The molecule has 0 aliphatic carbocycles. The molecular formula is C13H15ClFN3O. The van der Waals surface area contributed by atoms with Crippen LogP contribution in [0.1, 0.15) is 19.0 Å². The first kappa shape index (κ1) is 13.7. The maximum atomic E-state index is 13.8. The SMILES string of the molecule is CCCn1nc(C)c(N)c1Oc1cccc(Cl)c1F. The molecule has 1 aromatic carbocycles. The van der Waals surface area contributed by atoms with Gasteiger partial charge in [0.1, 0.15) is 5.69 Å². The molecule has 0 spiro atoms. The number of aryl methyl sites for hydroxylation is 2. The van der Waals surface area contributed by atoms with Gasteiger partial charge in [-0.1, -0.05) is 24.6 Å². The minimum Gasteiger partial charge on any atom is -0.434 e. The number of benzene rings is 1. The molecule has 0 radical (unpaired) electrons. The molecule has 0 unspecified atom stereocenters. The summed E-state index contributed by atoms with van der Waals surface area (Å²) < 4.78 is 21.0. The summed E-state index contributed by atoms with van der Waals surface area (Å²) in [6.07, 6.45) is 0.870. The Morgan fingerprint density at radius 1 is 1.47 bits per heavy atom. The van der Waals surface area contributed by atoms with Crippen LogP contribution in [0.25, 0.3) is 0 Å². The van der Waals surface area contributed by atoms with Crippen molar-refractivity contribution in [2.75, 3.05) is 5.73 Å². The van der Waals surface area contributed by atoms with Crippen LogP contribution in [0, 0.1) is 12.7 Å². The van der Waals surface area contributed by atoms with E-state index < -0.39 is 5.82 Å². The molecule has 0 saturated carbocycles. The second-order valence-electron chi connectivity index (χ2n) is 4.18. The average molecular weight is 284 g/mol. The number of hydrogen-bond acceptors (Lipinski definition) is 3. The van der Waals surface area contributed by atoms with Crippen molar-refractivity contribution >= 4 is 17.3 Å². The lowest BCUT2D eigenvalue weighted by Crippen LogP contribution is -2.03. The Labute approximate surface area is 115 Å². The fourth-order valence-electron chi connectivity index (χ4n) is 1.71. The zero-order valence-corrected chi connectivity index (χ0v) is 11.5. The van der Waals surface area contributed by atoms with Crippen LogP contribution < -0.4 is 10.5 Å². The smallest absolute Gasteiger partial charge is 0.241 e. The maximum Gasteiger partial charge on any atom is 0.241 e. The summed E-state index contributed by atoms with van der Waals surface area (Å²) in [6, 6.07) is 4.57. The lowest BCUT2D eigenvalue weighted by molar-refractivity contribution is 0.389. The monoisotopic (exact) mass is 283 g/mol. The molecule has 0 atom stereocenters. The highest BCUT2D eigenvalue weighted by molar-refractivity contribution is 6.30. The zero-order chi connectivity index (χ0) is 14.0. The van der Waals surface area contributed by atoms with Crippen molar-refractivity contribution in [3.8, 4) is 11.6 Å². The largest absolute Gasteiger partial charge is 0.434 e. The number of nitrogens with two attached hydrogens (primary N) is 1. The summed E-state index contributed by atoms with van der Waals surface area (Å²) >= 11 is 5.72. The first-order valence-electron chi connectivity index (χ1n) is 5.99. The number of ether oxygens (including phenoxy) is 1. The first-order valence-corrected chi connectivity index (χ1v) is 6.37. The van der Waals surface area contributed by atoms with Gasteiger partial charge in [-0.05, 0) is 25.5 Å². The Morgan fingerprint density at radius 3 is 2.89 bits per heavy atom. The van der Waals surface area contributed by atoms with E-state index in [4.69, 9.17) is 22.1 Å². The molecule has 1 aromatic heterocycles. The molecule has 0 fully saturated rings. The highest BCUT2D eigenvalue weighted by atomic mass is 35.5. The molecule has 2 aromatic rings. The van der Waals surface area contributed by atoms with Gasteiger partial charge in [0, 0.05) is 6.54 Å². The number of nitrogens with zero attached hydrogens (tertiary/aromatic N) is 2. The van der Waals surface area contributed by atoms with E-state index in [0.717, 1.165) is 6.42 Å². The molecule has 0 saturated heterocycles. The minimum atomic E-state index is -0.606. The van der Waals surface area contributed by atoms with E-state index in [1.165, 1.54) is 12.1 Å². The van der Waals surface area contributed by atoms with E-state index in [0.29, 0.717) is 23.8 Å². The third-order valence-electron chi connectivity index (χ3n) is 2.68. The van der Waals surface area contributed by atoms with Gasteiger partial charge in [0.15, 0.2) is 11.6 Å². The predicted octanol–water partition coefficient (Wildman–Crippen LogP) is 3.77. The molecule has 102 valence electrons. The normalized spacial score (nSPS) is 10.7. The van der Waals surface area contributed by atoms with Crippen molar-refractivity contribution < 1.29 is 9.13 Å². The van der Waals surface area contributed by atoms with E-state index in [2.05, 4.69) is 5.10 Å². The van der Waals surface area contributed by atoms with Crippen LogP contribution in [0.15, 0.2) is 18.2 Å². The topological polar surface area (TPSA) is 53.1 Å². The Hall–Kier alpha value is -1.75. The molecule has 2 rings (SSSR count). The number of halogens is 2. The van der Waals surface area contributed by atoms with Crippen LogP contribution in [-0.2, 0) is 6.54 Å². The molecule has 0 aliphatic rings. The molecule has 1 heterocycles. The molecule has 0 bridgehead atoms. The maximum absolute atomic E-state index is 13.8. The van der Waals surface area contributed by atoms with Crippen molar-refractivity contribution in [1.29, 1.82) is 0 Å². The Kier molecular flexibility index (Phi) is 3.95. The highest BCUT2D eigenvalue weighted by Gasteiger charge is 2.17. The molecule has 19 heavy (non-hydrogen) atoms. The van der Waals surface area contributed by atoms with Gasteiger partial charge in [0.25, 0.3) is 0 Å². The fourth-order valence-corrected chi connectivity index (χ4v) is 1.88. The lowest BCUT2D eigenvalue weighted by Gasteiger charge is -2.10. The number of nitrogen functional groups attached to an aromatic ring is 1. The minimum absolute atomic E-state index is 0.00866. The quantitative estimate of drug-likeness (QED) is 0.929. The van der Waals surface area contributed by atoms with Crippen LogP contribution >= 0.6 is 11.6 Å². The number of anilines is 1. The van der Waals surface area contributed by atoms with Crippen molar-refractivity contribution in [1.82, 2.24) is 9.78 Å². The fraction of sp³-hybridized carbons (Fsp3) is 0.308. The van der Waals surface area contributed by atoms with Crippen LogP contribution in [-0.4, -0.2) is 9.78 Å². The van der Waals surface area contributed by atoms with Gasteiger partial charge in [0.05, 0.1) is 10.7 Å². The van der Waals surface area contributed by atoms with Crippen molar-refractivity contribution in [2.45, 2.75) is 26.8 Å². The number of aromatic nitrogens is 2. The van der Waals surface area contributed by atoms with Gasteiger partial charge in [-0.15, -0.1) is 0 Å². The second kappa shape index (κ2) is 5.48. The standard InChI is InChI=1S/C13H15ClFN3O/c1-3-7-18-13(12(16)8(2)17-18)19-10-6-4-5-9(14)11(10)15/h4-6H,3,7,16H2,1-2H3. The molecule has 4 nitrogen and oxygen atoms in total. The van der Waals surface area contributed by atoms with Crippen molar-refractivity contribution in [3.05, 3.63) is 34.7 Å². The van der Waals surface area contributed by atoms with Gasteiger partial charge in [-0.2, -0.15) is 5.10 Å². The van der Waals surface area contributed by atoms with Gasteiger partial charge >= 0.3 is 0 Å². The highest BCUT2D eigenvalue weighted by Crippen LogP contribution is 2.33. The predicted molar refractivity (Wildman–Crippen MR) is 73.2 cm³/mol. The average Bonchev–Trinajstić information content (AvgIpc) is 2.63. The summed E-state index contributed by atoms with van der Waals surface area (Å²) in [4.78, 5) is 0. The molecule has 0 aliphatic heterocycles. The van der Waals surface area contributed by atoms with E-state index in [9.17, 15) is 4.39 Å². The summed E-state index contributed by atoms with van der Waals surface area (Å²) in [6.45, 7) is 4.44. The van der Waals surface area contributed by atoms with Gasteiger partial charge in [-0.25, -0.2) is 9.07 Å². The third-order valence-corrected chi connectivity index (χ3v) is 2.98. The summed E-state index contributed by atoms with van der Waals surface area (Å²) in [7, 11) is 0. The van der Waals surface area contributed by atoms with Crippen molar-refractivity contribution in [3.63, 3.8) is 0 Å². The van der Waals surface area contributed by atoms with Crippen LogP contribution in [0.2, 0.25) is 5.02 Å². The molecule has 6 heteroatoms. The zero-order valence-electron chi connectivity index (χ0n) is 10.8. The number of hydrogen-bond donors (Lipinski definition) is 1. The van der Waals surface area contributed by atoms with Crippen LogP contribution in [0.5, 0.6) is 11.6 Å². The summed E-state index contributed by atoms with van der Waals surface area (Å²) in [5, 5.41) is 4.27. The molecule has 2 N–H and O–H groups in total. The molecular weight excluding hydrogens is 269 g/mol. The van der Waals surface area contributed by atoms with E-state index in [1.54, 1.807) is 17.7 Å². The lowest BCUT2D eigenvalue weighted by atomic mass is 10.3. The van der Waals surface area contributed by atoms with Gasteiger partial charge in [-0.3, -0.25) is 0 Å². The van der Waals surface area contributed by atoms with Gasteiger partial charge < -0.3 is 10.5 Å². The third kappa shape index (κ3) is 2.66. The Morgan fingerprint density at radius 2 is 2.21 bits per heavy atom.